The van der Waals surface area contributed by atoms with Crippen LogP contribution in [0.1, 0.15) is 32.4 Å². The van der Waals surface area contributed by atoms with Crippen molar-refractivity contribution in [2.24, 2.45) is 0 Å². The summed E-state index contributed by atoms with van der Waals surface area (Å²) < 4.78 is 26.0. The van der Waals surface area contributed by atoms with Gasteiger partial charge in [-0.25, -0.2) is 8.78 Å². The third kappa shape index (κ3) is 2.67. The van der Waals surface area contributed by atoms with Gasteiger partial charge in [-0.05, 0) is 45.5 Å². The van der Waals surface area contributed by atoms with Gasteiger partial charge in [-0.15, -0.1) is 0 Å². The molecule has 0 radical (unpaired) electrons. The molecule has 0 saturated carbocycles. The maximum atomic E-state index is 13.1. The molecule has 1 aromatic carbocycles. The van der Waals surface area contributed by atoms with Crippen molar-refractivity contribution in [3.8, 4) is 0 Å². The Morgan fingerprint density at radius 1 is 1.33 bits per heavy atom. The number of rotatable bonds is 4. The smallest absolute Gasteiger partial charge is 0.323 e. The highest BCUT2D eigenvalue weighted by atomic mass is 19.2. The molecule has 100 valence electrons. The van der Waals surface area contributed by atoms with Crippen LogP contribution in [0.4, 0.5) is 8.78 Å². The molecule has 1 aromatic rings. The number of halogens is 2. The zero-order chi connectivity index (χ0) is 14.1. The Morgan fingerprint density at radius 3 is 2.33 bits per heavy atom. The molecule has 0 bridgehead atoms. The van der Waals surface area contributed by atoms with Gasteiger partial charge in [-0.3, -0.25) is 9.69 Å². The van der Waals surface area contributed by atoms with Crippen LogP contribution in [0.3, 0.4) is 0 Å². The summed E-state index contributed by atoms with van der Waals surface area (Å²) in [7, 11) is 1.64. The minimum Gasteiger partial charge on any atom is -0.480 e. The number of hydrogen-bond acceptors (Lipinski definition) is 2. The summed E-state index contributed by atoms with van der Waals surface area (Å²) in [4.78, 5) is 12.7. The van der Waals surface area contributed by atoms with Crippen LogP contribution in [0.5, 0.6) is 0 Å². The predicted molar refractivity (Wildman–Crippen MR) is 64.3 cm³/mol. The van der Waals surface area contributed by atoms with Crippen LogP contribution in [0.15, 0.2) is 18.2 Å². The molecule has 0 fully saturated rings. The summed E-state index contributed by atoms with van der Waals surface area (Å²) in [5, 5.41) is 9.13. The maximum absolute atomic E-state index is 13.1. The van der Waals surface area contributed by atoms with Crippen LogP contribution < -0.4 is 0 Å². The van der Waals surface area contributed by atoms with Crippen molar-refractivity contribution in [1.82, 2.24) is 4.90 Å². The summed E-state index contributed by atoms with van der Waals surface area (Å²) in [5.41, 5.74) is -0.560. The lowest BCUT2D eigenvalue weighted by molar-refractivity contribution is -0.149. The molecule has 1 rings (SSSR count). The first kappa shape index (κ1) is 14.6. The number of carbonyl (C=O) groups is 1. The highest BCUT2D eigenvalue weighted by Crippen LogP contribution is 2.27. The minimum absolute atomic E-state index is 0.341. The summed E-state index contributed by atoms with van der Waals surface area (Å²) >= 11 is 0. The third-order valence-corrected chi connectivity index (χ3v) is 3.41. The van der Waals surface area contributed by atoms with E-state index in [0.717, 1.165) is 12.1 Å². The molecule has 0 aliphatic heterocycles. The van der Waals surface area contributed by atoms with E-state index in [1.165, 1.54) is 6.07 Å². The van der Waals surface area contributed by atoms with Crippen LogP contribution in [-0.2, 0) is 4.79 Å². The van der Waals surface area contributed by atoms with Crippen molar-refractivity contribution in [1.29, 1.82) is 0 Å². The fraction of sp³-hybridized carbons (Fsp3) is 0.462. The highest BCUT2D eigenvalue weighted by Gasteiger charge is 2.35. The second-order valence-electron chi connectivity index (χ2n) is 4.82. The number of benzene rings is 1. The molecule has 0 amide bonds. The first-order chi connectivity index (χ1) is 8.17. The van der Waals surface area contributed by atoms with Gasteiger partial charge in [0.25, 0.3) is 0 Å². The fourth-order valence-electron chi connectivity index (χ4n) is 1.63. The maximum Gasteiger partial charge on any atom is 0.323 e. The molecule has 0 aromatic heterocycles. The van der Waals surface area contributed by atoms with E-state index in [1.807, 2.05) is 0 Å². The number of hydrogen-bond donors (Lipinski definition) is 1. The average Bonchev–Trinajstić information content (AvgIpc) is 2.30. The molecule has 18 heavy (non-hydrogen) atoms. The van der Waals surface area contributed by atoms with Gasteiger partial charge >= 0.3 is 5.97 Å². The van der Waals surface area contributed by atoms with Crippen LogP contribution in [0.25, 0.3) is 0 Å². The van der Waals surface area contributed by atoms with Gasteiger partial charge in [0, 0.05) is 6.04 Å². The number of nitrogens with zero attached hydrogens (tertiary/aromatic N) is 1. The molecule has 0 aliphatic rings. The van der Waals surface area contributed by atoms with Gasteiger partial charge < -0.3 is 5.11 Å². The predicted octanol–water partition coefficient (Wildman–Crippen LogP) is 2.82. The zero-order valence-corrected chi connectivity index (χ0v) is 10.9. The molecular weight excluding hydrogens is 240 g/mol. The van der Waals surface area contributed by atoms with E-state index in [4.69, 9.17) is 5.11 Å². The van der Waals surface area contributed by atoms with Gasteiger partial charge in [-0.2, -0.15) is 0 Å². The minimum atomic E-state index is -1.09. The summed E-state index contributed by atoms with van der Waals surface area (Å²) in [6.45, 7) is 4.87. The first-order valence-corrected chi connectivity index (χ1v) is 5.59. The van der Waals surface area contributed by atoms with Gasteiger partial charge in [0.15, 0.2) is 11.6 Å². The summed E-state index contributed by atoms with van der Waals surface area (Å²) in [6.07, 6.45) is 0. The molecule has 3 nitrogen and oxygen atoms in total. The van der Waals surface area contributed by atoms with Gasteiger partial charge in [-0.1, -0.05) is 6.07 Å². The summed E-state index contributed by atoms with van der Waals surface area (Å²) in [5.74, 6) is -2.81. The van der Waals surface area contributed by atoms with Gasteiger partial charge in [0.2, 0.25) is 0 Å². The molecule has 1 N–H and O–H groups in total. The van der Waals surface area contributed by atoms with Gasteiger partial charge in [0.1, 0.15) is 5.54 Å². The molecule has 5 heteroatoms. The normalized spacial score (nSPS) is 13.7. The zero-order valence-electron chi connectivity index (χ0n) is 10.9. The SMILES string of the molecule is CC(c1ccc(F)c(F)c1)N(C)C(C)(C)C(=O)O. The molecule has 1 atom stereocenters. The lowest BCUT2D eigenvalue weighted by Gasteiger charge is -2.36. The Bertz CT molecular complexity index is 460. The molecular formula is C13H17F2NO2. The standard InChI is InChI=1S/C13H17F2NO2/c1-8(16(4)13(2,3)12(17)18)9-5-6-10(14)11(15)7-9/h5-8H,1-4H3,(H,17,18). The average molecular weight is 257 g/mol. The van der Waals surface area contributed by atoms with Crippen LogP contribution in [0.2, 0.25) is 0 Å². The van der Waals surface area contributed by atoms with Gasteiger partial charge in [0.05, 0.1) is 0 Å². The lowest BCUT2D eigenvalue weighted by Crippen LogP contribution is -2.48. The van der Waals surface area contributed by atoms with E-state index in [-0.39, 0.29) is 6.04 Å². The Morgan fingerprint density at radius 2 is 1.89 bits per heavy atom. The Balaban J connectivity index is 3.03. The second-order valence-corrected chi connectivity index (χ2v) is 4.82. The van der Waals surface area contributed by atoms with E-state index in [9.17, 15) is 13.6 Å². The summed E-state index contributed by atoms with van der Waals surface area (Å²) in [6, 6.07) is 3.25. The Labute approximate surface area is 105 Å². The first-order valence-electron chi connectivity index (χ1n) is 5.59. The van der Waals surface area contributed by atoms with Crippen LogP contribution >= 0.6 is 0 Å². The highest BCUT2D eigenvalue weighted by molar-refractivity contribution is 5.77. The quantitative estimate of drug-likeness (QED) is 0.901. The molecule has 0 spiro atoms. The van der Waals surface area contributed by atoms with Crippen molar-refractivity contribution < 1.29 is 18.7 Å². The molecule has 1 unspecified atom stereocenters. The van der Waals surface area contributed by atoms with E-state index >= 15 is 0 Å². The van der Waals surface area contributed by atoms with Crippen molar-refractivity contribution in [2.45, 2.75) is 32.4 Å². The van der Waals surface area contributed by atoms with Crippen LogP contribution in [-0.4, -0.2) is 28.6 Å². The Hall–Kier alpha value is -1.49. The molecule has 0 aliphatic carbocycles. The number of carboxylic acids is 1. The monoisotopic (exact) mass is 257 g/mol. The van der Waals surface area contributed by atoms with E-state index in [2.05, 4.69) is 0 Å². The largest absolute Gasteiger partial charge is 0.480 e. The van der Waals surface area contributed by atoms with Crippen molar-refractivity contribution >= 4 is 5.97 Å². The molecule has 0 saturated heterocycles. The third-order valence-electron chi connectivity index (χ3n) is 3.41. The number of aliphatic carboxylic acids is 1. The Kier molecular flexibility index (Phi) is 4.06. The number of carboxylic acid groups (broad SMARTS) is 1. The van der Waals surface area contributed by atoms with E-state index < -0.39 is 23.1 Å². The van der Waals surface area contributed by atoms with Crippen molar-refractivity contribution in [2.75, 3.05) is 7.05 Å². The fourth-order valence-corrected chi connectivity index (χ4v) is 1.63. The second kappa shape index (κ2) is 5.02. The molecule has 0 heterocycles. The van der Waals surface area contributed by atoms with Crippen LogP contribution in [0, 0.1) is 11.6 Å². The van der Waals surface area contributed by atoms with E-state index in [0.29, 0.717) is 5.56 Å². The lowest BCUT2D eigenvalue weighted by atomic mass is 9.98. The van der Waals surface area contributed by atoms with E-state index in [1.54, 1.807) is 32.7 Å². The topological polar surface area (TPSA) is 40.5 Å². The number of likely N-dealkylation sites (N-methyl/N-ethyl adjacent to an activating group) is 1. The van der Waals surface area contributed by atoms with Crippen molar-refractivity contribution in [3.05, 3.63) is 35.4 Å². The van der Waals surface area contributed by atoms with Crippen molar-refractivity contribution in [3.63, 3.8) is 0 Å².